The standard InChI is InChI=1S/C5H7BrFO/c6-5-3-4(7)1-2-8-5/h5H,1-3H2. The van der Waals surface area contributed by atoms with E-state index in [-0.39, 0.29) is 11.2 Å². The van der Waals surface area contributed by atoms with Crippen molar-refractivity contribution in [2.24, 2.45) is 0 Å². The number of hydrogen-bond acceptors (Lipinski definition) is 1. The quantitative estimate of drug-likeness (QED) is 0.520. The molecule has 1 saturated heterocycles. The van der Waals surface area contributed by atoms with Gasteiger partial charge in [0, 0.05) is 12.8 Å². The molecule has 0 aromatic carbocycles. The zero-order valence-electron chi connectivity index (χ0n) is 4.36. The second-order valence-electron chi connectivity index (χ2n) is 1.75. The molecule has 1 aliphatic rings. The Labute approximate surface area is 56.3 Å². The maximum absolute atomic E-state index is 12.2. The highest BCUT2D eigenvalue weighted by Crippen LogP contribution is 2.25. The van der Waals surface area contributed by atoms with Crippen molar-refractivity contribution in [3.63, 3.8) is 0 Å². The zero-order chi connectivity index (χ0) is 5.98. The van der Waals surface area contributed by atoms with Crippen LogP contribution in [0.5, 0.6) is 0 Å². The molecule has 1 aliphatic heterocycles. The van der Waals surface area contributed by atoms with Crippen LogP contribution in [-0.2, 0) is 4.74 Å². The van der Waals surface area contributed by atoms with E-state index in [0.717, 1.165) is 0 Å². The summed E-state index contributed by atoms with van der Waals surface area (Å²) in [6.07, 6.45) is 0.931. The minimum absolute atomic E-state index is 0.0399. The fourth-order valence-corrected chi connectivity index (χ4v) is 1.17. The Morgan fingerprint density at radius 1 is 1.75 bits per heavy atom. The van der Waals surface area contributed by atoms with Crippen LogP contribution >= 0.6 is 15.9 Å². The van der Waals surface area contributed by atoms with E-state index in [2.05, 4.69) is 15.9 Å². The van der Waals surface area contributed by atoms with Gasteiger partial charge < -0.3 is 4.74 Å². The predicted octanol–water partition coefficient (Wildman–Crippen LogP) is 2.02. The van der Waals surface area contributed by atoms with Crippen molar-refractivity contribution in [2.45, 2.75) is 17.9 Å². The average molecular weight is 182 g/mol. The van der Waals surface area contributed by atoms with Gasteiger partial charge in [-0.15, -0.1) is 0 Å². The molecule has 0 spiro atoms. The fourth-order valence-electron chi connectivity index (χ4n) is 0.633. The monoisotopic (exact) mass is 181 g/mol. The smallest absolute Gasteiger partial charge is 0.150 e. The number of halogens is 2. The van der Waals surface area contributed by atoms with Crippen LogP contribution in [-0.4, -0.2) is 11.6 Å². The molecule has 0 aromatic heterocycles. The largest absolute Gasteiger partial charge is 0.367 e. The highest BCUT2D eigenvalue weighted by Gasteiger charge is 2.19. The topological polar surface area (TPSA) is 9.23 Å². The summed E-state index contributed by atoms with van der Waals surface area (Å²) in [4.78, 5) is 0. The SMILES string of the molecule is F[C]1CCOC(Br)C1. The maximum Gasteiger partial charge on any atom is 0.150 e. The lowest BCUT2D eigenvalue weighted by atomic mass is 10.2. The molecular weight excluding hydrogens is 175 g/mol. The van der Waals surface area contributed by atoms with E-state index in [0.29, 0.717) is 19.4 Å². The molecule has 1 nitrogen and oxygen atoms in total. The van der Waals surface area contributed by atoms with Gasteiger partial charge in [0.05, 0.1) is 6.61 Å². The van der Waals surface area contributed by atoms with Gasteiger partial charge in [-0.3, -0.25) is 0 Å². The third kappa shape index (κ3) is 1.71. The minimum atomic E-state index is -0.0868. The van der Waals surface area contributed by atoms with Crippen molar-refractivity contribution >= 4 is 15.9 Å². The van der Waals surface area contributed by atoms with Gasteiger partial charge in [-0.2, -0.15) is 0 Å². The summed E-state index contributed by atoms with van der Waals surface area (Å²) < 4.78 is 17.2. The van der Waals surface area contributed by atoms with Crippen LogP contribution in [0.25, 0.3) is 0 Å². The van der Waals surface area contributed by atoms with Crippen molar-refractivity contribution in [2.75, 3.05) is 6.61 Å². The third-order valence-electron chi connectivity index (χ3n) is 1.05. The Bertz CT molecular complexity index is 70.8. The van der Waals surface area contributed by atoms with E-state index >= 15 is 0 Å². The molecule has 1 atom stereocenters. The molecule has 1 radical (unpaired) electrons. The second-order valence-corrected chi connectivity index (χ2v) is 2.77. The molecule has 0 saturated carbocycles. The van der Waals surface area contributed by atoms with Crippen LogP contribution in [0.15, 0.2) is 0 Å². The van der Waals surface area contributed by atoms with Gasteiger partial charge in [-0.1, -0.05) is 15.9 Å². The van der Waals surface area contributed by atoms with E-state index in [1.807, 2.05) is 0 Å². The maximum atomic E-state index is 12.2. The van der Waals surface area contributed by atoms with Gasteiger partial charge in [0.25, 0.3) is 0 Å². The first-order chi connectivity index (χ1) is 3.79. The molecule has 1 rings (SSSR count). The molecule has 1 fully saturated rings. The average Bonchev–Trinajstić information content (AvgIpc) is 1.64. The summed E-state index contributed by atoms with van der Waals surface area (Å²) in [5.41, 5.74) is 0. The van der Waals surface area contributed by atoms with E-state index in [1.54, 1.807) is 0 Å². The van der Waals surface area contributed by atoms with Crippen molar-refractivity contribution in [1.29, 1.82) is 0 Å². The normalized spacial score (nSPS) is 33.0. The Kier molecular flexibility index (Phi) is 2.26. The van der Waals surface area contributed by atoms with Gasteiger partial charge in [0.2, 0.25) is 0 Å². The van der Waals surface area contributed by atoms with Crippen LogP contribution in [0.3, 0.4) is 0 Å². The molecule has 3 heteroatoms. The van der Waals surface area contributed by atoms with E-state index < -0.39 is 0 Å². The summed E-state index contributed by atoms with van der Waals surface area (Å²) in [6.45, 7) is 0.516. The third-order valence-corrected chi connectivity index (χ3v) is 1.64. The molecule has 0 aromatic rings. The summed E-state index contributed by atoms with van der Waals surface area (Å²) in [5.74, 6) is 0. The molecule has 0 amide bonds. The number of alkyl halides is 1. The van der Waals surface area contributed by atoms with Crippen LogP contribution in [0.1, 0.15) is 12.8 Å². The molecule has 47 valence electrons. The van der Waals surface area contributed by atoms with E-state index in [4.69, 9.17) is 4.74 Å². The van der Waals surface area contributed by atoms with Gasteiger partial charge in [-0.25, -0.2) is 4.39 Å². The molecule has 0 N–H and O–H groups in total. The van der Waals surface area contributed by atoms with E-state index in [9.17, 15) is 4.39 Å². The van der Waals surface area contributed by atoms with Gasteiger partial charge in [-0.05, 0) is 0 Å². The molecule has 1 unspecified atom stereocenters. The Balaban J connectivity index is 2.23. The van der Waals surface area contributed by atoms with Crippen molar-refractivity contribution in [1.82, 2.24) is 0 Å². The number of hydrogen-bond donors (Lipinski definition) is 0. The summed E-state index contributed by atoms with van der Waals surface area (Å²) in [5, 5.41) is -0.0868. The second kappa shape index (κ2) is 2.78. The van der Waals surface area contributed by atoms with Gasteiger partial charge in [0.15, 0.2) is 6.17 Å². The van der Waals surface area contributed by atoms with Crippen molar-refractivity contribution in [3.8, 4) is 0 Å². The summed E-state index contributed by atoms with van der Waals surface area (Å²) >= 11 is 3.15. The molecule has 0 bridgehead atoms. The highest BCUT2D eigenvalue weighted by molar-refractivity contribution is 9.09. The molecule has 8 heavy (non-hydrogen) atoms. The van der Waals surface area contributed by atoms with E-state index in [1.165, 1.54) is 0 Å². The van der Waals surface area contributed by atoms with Crippen molar-refractivity contribution < 1.29 is 9.13 Å². The van der Waals surface area contributed by atoms with Crippen LogP contribution in [0.4, 0.5) is 4.39 Å². The lowest BCUT2D eigenvalue weighted by Crippen LogP contribution is -2.16. The summed E-state index contributed by atoms with van der Waals surface area (Å²) in [6, 6.07) is 0. The Hall–Kier alpha value is 0.370. The lowest BCUT2D eigenvalue weighted by Gasteiger charge is -2.18. The molecule has 1 heterocycles. The Morgan fingerprint density at radius 3 is 2.88 bits per heavy atom. The number of ether oxygens (including phenoxy) is 1. The summed E-state index contributed by atoms with van der Waals surface area (Å²) in [7, 11) is 0. The van der Waals surface area contributed by atoms with Gasteiger partial charge >= 0.3 is 0 Å². The van der Waals surface area contributed by atoms with Crippen LogP contribution < -0.4 is 0 Å². The molecule has 0 aliphatic carbocycles. The molecular formula is C5H7BrFO. The Morgan fingerprint density at radius 2 is 2.50 bits per heavy atom. The zero-order valence-corrected chi connectivity index (χ0v) is 5.95. The first-order valence-electron chi connectivity index (χ1n) is 2.55. The first-order valence-corrected chi connectivity index (χ1v) is 3.46. The highest BCUT2D eigenvalue weighted by atomic mass is 79.9. The lowest BCUT2D eigenvalue weighted by molar-refractivity contribution is 0.0679. The first kappa shape index (κ1) is 6.49. The fraction of sp³-hybridized carbons (Fsp3) is 0.800. The minimum Gasteiger partial charge on any atom is -0.367 e. The van der Waals surface area contributed by atoms with Crippen LogP contribution in [0, 0.1) is 6.17 Å². The van der Waals surface area contributed by atoms with Gasteiger partial charge in [0.1, 0.15) is 5.01 Å². The predicted molar refractivity (Wildman–Crippen MR) is 32.3 cm³/mol. The number of rotatable bonds is 0. The van der Waals surface area contributed by atoms with Crippen molar-refractivity contribution in [3.05, 3.63) is 6.17 Å². The van der Waals surface area contributed by atoms with Crippen LogP contribution in [0.2, 0.25) is 0 Å².